The van der Waals surface area contributed by atoms with Gasteiger partial charge in [0.25, 0.3) is 5.92 Å². The minimum absolute atomic E-state index is 0.133. The third-order valence-electron chi connectivity index (χ3n) is 1.94. The first kappa shape index (κ1) is 15.0. The molecule has 0 amide bonds. The SMILES string of the molecule is CCC(=CCNCC(F)(F)CO)C(=O)OC. The fourth-order valence-corrected chi connectivity index (χ4v) is 1.01. The van der Waals surface area contributed by atoms with Gasteiger partial charge in [0.15, 0.2) is 0 Å². The lowest BCUT2D eigenvalue weighted by Crippen LogP contribution is -2.36. The smallest absolute Gasteiger partial charge is 0.333 e. The summed E-state index contributed by atoms with van der Waals surface area (Å²) in [6, 6.07) is 0. The van der Waals surface area contributed by atoms with Gasteiger partial charge in [-0.3, -0.25) is 0 Å². The number of hydrogen-bond donors (Lipinski definition) is 2. The highest BCUT2D eigenvalue weighted by molar-refractivity contribution is 5.88. The molecule has 94 valence electrons. The Morgan fingerprint density at radius 2 is 2.19 bits per heavy atom. The Morgan fingerprint density at radius 1 is 1.56 bits per heavy atom. The van der Waals surface area contributed by atoms with E-state index < -0.39 is 25.0 Å². The third-order valence-corrected chi connectivity index (χ3v) is 1.94. The molecule has 0 fully saturated rings. The van der Waals surface area contributed by atoms with Crippen molar-refractivity contribution in [3.05, 3.63) is 11.6 Å². The van der Waals surface area contributed by atoms with Crippen molar-refractivity contribution < 1.29 is 23.4 Å². The zero-order chi connectivity index (χ0) is 12.6. The molecule has 0 saturated heterocycles. The van der Waals surface area contributed by atoms with Crippen molar-refractivity contribution in [2.45, 2.75) is 19.3 Å². The van der Waals surface area contributed by atoms with E-state index in [1.54, 1.807) is 6.92 Å². The largest absolute Gasteiger partial charge is 0.466 e. The maximum Gasteiger partial charge on any atom is 0.333 e. The lowest BCUT2D eigenvalue weighted by Gasteiger charge is -2.13. The molecule has 0 aromatic rings. The van der Waals surface area contributed by atoms with Crippen LogP contribution in [0.3, 0.4) is 0 Å². The highest BCUT2D eigenvalue weighted by Crippen LogP contribution is 2.09. The Labute approximate surface area is 93.3 Å². The maximum atomic E-state index is 12.6. The first-order valence-electron chi connectivity index (χ1n) is 4.93. The molecule has 16 heavy (non-hydrogen) atoms. The van der Waals surface area contributed by atoms with Gasteiger partial charge >= 0.3 is 5.97 Å². The van der Waals surface area contributed by atoms with Crippen LogP contribution in [0.1, 0.15) is 13.3 Å². The van der Waals surface area contributed by atoms with Crippen LogP contribution in [0.25, 0.3) is 0 Å². The van der Waals surface area contributed by atoms with Crippen LogP contribution < -0.4 is 5.32 Å². The summed E-state index contributed by atoms with van der Waals surface area (Å²) in [5.74, 6) is -3.59. The summed E-state index contributed by atoms with van der Waals surface area (Å²) in [7, 11) is 1.26. The van der Waals surface area contributed by atoms with E-state index >= 15 is 0 Å². The molecule has 0 atom stereocenters. The third kappa shape index (κ3) is 5.77. The Kier molecular flexibility index (Phi) is 6.83. The van der Waals surface area contributed by atoms with Gasteiger partial charge in [-0.25, -0.2) is 13.6 Å². The number of rotatable bonds is 7. The summed E-state index contributed by atoms with van der Waals surface area (Å²) in [4.78, 5) is 11.1. The number of halogens is 2. The average molecular weight is 237 g/mol. The fraction of sp³-hybridized carbons (Fsp3) is 0.700. The monoisotopic (exact) mass is 237 g/mol. The molecule has 0 aliphatic carbocycles. The zero-order valence-corrected chi connectivity index (χ0v) is 9.43. The number of methoxy groups -OCH3 is 1. The van der Waals surface area contributed by atoms with E-state index in [4.69, 9.17) is 5.11 Å². The van der Waals surface area contributed by atoms with Crippen molar-refractivity contribution in [3.63, 3.8) is 0 Å². The van der Waals surface area contributed by atoms with Crippen molar-refractivity contribution in [2.75, 3.05) is 26.8 Å². The van der Waals surface area contributed by atoms with Crippen LogP contribution in [0.15, 0.2) is 11.6 Å². The molecule has 0 aliphatic rings. The van der Waals surface area contributed by atoms with Crippen LogP contribution in [0, 0.1) is 0 Å². The van der Waals surface area contributed by atoms with Crippen molar-refractivity contribution in [1.29, 1.82) is 0 Å². The molecule has 0 aromatic heterocycles. The number of ether oxygens (including phenoxy) is 1. The molecule has 0 saturated carbocycles. The molecule has 0 aromatic carbocycles. The minimum Gasteiger partial charge on any atom is -0.466 e. The van der Waals surface area contributed by atoms with E-state index in [1.165, 1.54) is 13.2 Å². The summed E-state index contributed by atoms with van der Waals surface area (Å²) < 4.78 is 29.6. The van der Waals surface area contributed by atoms with Crippen LogP contribution in [0.4, 0.5) is 8.78 Å². The number of carbonyl (C=O) groups is 1. The number of alkyl halides is 2. The van der Waals surface area contributed by atoms with Crippen LogP contribution >= 0.6 is 0 Å². The number of nitrogens with one attached hydrogen (secondary N) is 1. The molecular formula is C10H17F2NO3. The second-order valence-corrected chi connectivity index (χ2v) is 3.22. The van der Waals surface area contributed by atoms with E-state index in [0.29, 0.717) is 12.0 Å². The topological polar surface area (TPSA) is 58.6 Å². The summed E-state index contributed by atoms with van der Waals surface area (Å²) in [6.45, 7) is 0.0818. The fourth-order valence-electron chi connectivity index (χ4n) is 1.01. The number of aliphatic hydroxyl groups excluding tert-OH is 1. The van der Waals surface area contributed by atoms with Crippen molar-refractivity contribution in [2.24, 2.45) is 0 Å². The summed E-state index contributed by atoms with van der Waals surface area (Å²) in [5, 5.41) is 10.7. The van der Waals surface area contributed by atoms with Gasteiger partial charge in [-0.15, -0.1) is 0 Å². The summed E-state index contributed by atoms with van der Waals surface area (Å²) >= 11 is 0. The Balaban J connectivity index is 4.03. The van der Waals surface area contributed by atoms with Gasteiger partial charge in [0.2, 0.25) is 0 Å². The van der Waals surface area contributed by atoms with Crippen molar-refractivity contribution in [1.82, 2.24) is 5.32 Å². The number of hydrogen-bond acceptors (Lipinski definition) is 4. The Hall–Kier alpha value is -1.01. The van der Waals surface area contributed by atoms with Gasteiger partial charge in [-0.05, 0) is 6.42 Å². The van der Waals surface area contributed by atoms with Crippen molar-refractivity contribution >= 4 is 5.97 Å². The summed E-state index contributed by atoms with van der Waals surface area (Å²) in [5.41, 5.74) is 0.433. The predicted molar refractivity (Wildman–Crippen MR) is 55.3 cm³/mol. The molecule has 0 aliphatic heterocycles. The maximum absolute atomic E-state index is 12.6. The highest BCUT2D eigenvalue weighted by Gasteiger charge is 2.26. The quantitative estimate of drug-likeness (QED) is 0.389. The van der Waals surface area contributed by atoms with Crippen LogP contribution in [0.5, 0.6) is 0 Å². The molecule has 0 unspecified atom stereocenters. The van der Waals surface area contributed by atoms with Crippen LogP contribution in [-0.2, 0) is 9.53 Å². The minimum atomic E-state index is -3.13. The standard InChI is InChI=1S/C10H17F2NO3/c1-3-8(9(15)16-2)4-5-13-6-10(11,12)7-14/h4,13-14H,3,5-7H2,1-2H3. The van der Waals surface area contributed by atoms with Gasteiger partial charge in [0.1, 0.15) is 6.61 Å². The second kappa shape index (κ2) is 7.29. The second-order valence-electron chi connectivity index (χ2n) is 3.22. The molecule has 2 N–H and O–H groups in total. The molecular weight excluding hydrogens is 220 g/mol. The lowest BCUT2D eigenvalue weighted by atomic mass is 10.2. The highest BCUT2D eigenvalue weighted by atomic mass is 19.3. The van der Waals surface area contributed by atoms with E-state index in [1.807, 2.05) is 0 Å². The Bertz CT molecular complexity index is 254. The first-order chi connectivity index (χ1) is 7.46. The van der Waals surface area contributed by atoms with Gasteiger partial charge < -0.3 is 15.2 Å². The average Bonchev–Trinajstić information content (AvgIpc) is 2.28. The molecule has 4 nitrogen and oxygen atoms in total. The van der Waals surface area contributed by atoms with Crippen LogP contribution in [-0.4, -0.2) is 43.8 Å². The number of aliphatic hydroxyl groups is 1. The van der Waals surface area contributed by atoms with Gasteiger partial charge in [-0.2, -0.15) is 0 Å². The molecule has 6 heteroatoms. The molecule has 0 spiro atoms. The number of carbonyl (C=O) groups excluding carboxylic acids is 1. The zero-order valence-electron chi connectivity index (χ0n) is 9.43. The molecule has 0 bridgehead atoms. The van der Waals surface area contributed by atoms with E-state index in [0.717, 1.165) is 0 Å². The predicted octanol–water partition coefficient (Wildman–Crippen LogP) is 0.713. The first-order valence-corrected chi connectivity index (χ1v) is 4.93. The van der Waals surface area contributed by atoms with Crippen molar-refractivity contribution in [3.8, 4) is 0 Å². The van der Waals surface area contributed by atoms with E-state index in [9.17, 15) is 13.6 Å². The van der Waals surface area contributed by atoms with Gasteiger partial charge in [0.05, 0.1) is 13.7 Å². The van der Waals surface area contributed by atoms with Gasteiger partial charge in [0, 0.05) is 12.1 Å². The van der Waals surface area contributed by atoms with E-state index in [-0.39, 0.29) is 6.54 Å². The number of esters is 1. The molecule has 0 radical (unpaired) electrons. The van der Waals surface area contributed by atoms with E-state index in [2.05, 4.69) is 10.1 Å². The van der Waals surface area contributed by atoms with Crippen LogP contribution in [0.2, 0.25) is 0 Å². The Morgan fingerprint density at radius 3 is 2.62 bits per heavy atom. The molecule has 0 heterocycles. The normalized spacial score (nSPS) is 12.7. The molecule has 0 rings (SSSR count). The lowest BCUT2D eigenvalue weighted by molar-refractivity contribution is -0.136. The summed E-state index contributed by atoms with van der Waals surface area (Å²) in [6.07, 6.45) is 1.98. The van der Waals surface area contributed by atoms with Gasteiger partial charge in [-0.1, -0.05) is 13.0 Å².